The smallest absolute Gasteiger partial charge is 0.238 e. The van der Waals surface area contributed by atoms with Crippen LogP contribution in [0.25, 0.3) is 0 Å². The van der Waals surface area contributed by atoms with Crippen molar-refractivity contribution in [2.24, 2.45) is 5.14 Å². The molecule has 2 aromatic rings. The summed E-state index contributed by atoms with van der Waals surface area (Å²) in [5.74, 6) is 0.635. The van der Waals surface area contributed by atoms with Crippen molar-refractivity contribution < 1.29 is 13.2 Å². The molecule has 0 saturated heterocycles. The van der Waals surface area contributed by atoms with E-state index in [0.29, 0.717) is 18.0 Å². The fourth-order valence-corrected chi connectivity index (χ4v) is 2.38. The second kappa shape index (κ2) is 6.02. The lowest BCUT2D eigenvalue weighted by Crippen LogP contribution is -2.12. The average Bonchev–Trinajstić information content (AvgIpc) is 2.45. The van der Waals surface area contributed by atoms with E-state index < -0.39 is 10.0 Å². The summed E-state index contributed by atoms with van der Waals surface area (Å²) in [4.78, 5) is 0.0849. The van der Waals surface area contributed by atoms with Crippen LogP contribution in [0.2, 0.25) is 0 Å². The third-order valence-electron chi connectivity index (χ3n) is 2.97. The van der Waals surface area contributed by atoms with Crippen molar-refractivity contribution in [3.8, 4) is 5.75 Å². The van der Waals surface area contributed by atoms with Gasteiger partial charge in [0.1, 0.15) is 5.75 Å². The zero-order valence-electron chi connectivity index (χ0n) is 11.5. The van der Waals surface area contributed by atoms with E-state index >= 15 is 0 Å². The summed E-state index contributed by atoms with van der Waals surface area (Å²) < 4.78 is 27.4. The zero-order chi connectivity index (χ0) is 15.5. The molecule has 0 saturated carbocycles. The summed E-state index contributed by atoms with van der Waals surface area (Å²) in [6.07, 6.45) is 0. The summed E-state index contributed by atoms with van der Waals surface area (Å²) in [7, 11) is -2.09. The third-order valence-corrected chi connectivity index (χ3v) is 3.90. The normalized spacial score (nSPS) is 11.1. The molecule has 0 fully saturated rings. The number of sulfonamides is 1. The van der Waals surface area contributed by atoms with Crippen molar-refractivity contribution in [2.45, 2.75) is 11.4 Å². The quantitative estimate of drug-likeness (QED) is 0.726. The number of benzene rings is 2. The molecule has 0 amide bonds. The first-order chi connectivity index (χ1) is 9.90. The minimum Gasteiger partial charge on any atom is -0.495 e. The number of methoxy groups -OCH3 is 1. The Labute approximate surface area is 123 Å². The van der Waals surface area contributed by atoms with Gasteiger partial charge in [-0.15, -0.1) is 0 Å². The standard InChI is InChI=1S/C14H17N3O3S/c1-20-14-7-2-10(8-13(14)15)9-17-11-3-5-12(6-4-11)21(16,18)19/h2-8,17H,9,15H2,1H3,(H2,16,18,19). The van der Waals surface area contributed by atoms with Crippen LogP contribution in [0.3, 0.4) is 0 Å². The van der Waals surface area contributed by atoms with Crippen LogP contribution in [0.5, 0.6) is 5.75 Å². The molecule has 2 rings (SSSR count). The molecular weight excluding hydrogens is 290 g/mol. The number of nitrogen functional groups attached to an aromatic ring is 1. The Kier molecular flexibility index (Phi) is 4.35. The molecule has 0 aliphatic carbocycles. The van der Waals surface area contributed by atoms with Gasteiger partial charge in [-0.25, -0.2) is 13.6 Å². The van der Waals surface area contributed by atoms with Gasteiger partial charge in [0.25, 0.3) is 0 Å². The number of hydrogen-bond donors (Lipinski definition) is 3. The summed E-state index contributed by atoms with van der Waals surface area (Å²) in [5, 5.41) is 8.21. The lowest BCUT2D eigenvalue weighted by molar-refractivity contribution is 0.417. The Hall–Kier alpha value is -2.25. The van der Waals surface area contributed by atoms with Gasteiger partial charge < -0.3 is 15.8 Å². The second-order valence-electron chi connectivity index (χ2n) is 4.50. The fourth-order valence-electron chi connectivity index (χ4n) is 1.86. The van der Waals surface area contributed by atoms with E-state index in [1.807, 2.05) is 12.1 Å². The topological polar surface area (TPSA) is 107 Å². The van der Waals surface area contributed by atoms with Gasteiger partial charge >= 0.3 is 0 Å². The lowest BCUT2D eigenvalue weighted by Gasteiger charge is -2.09. The molecule has 0 heterocycles. The number of nitrogens with two attached hydrogens (primary N) is 2. The van der Waals surface area contributed by atoms with Crippen LogP contribution in [0.15, 0.2) is 47.4 Å². The van der Waals surface area contributed by atoms with E-state index in [9.17, 15) is 8.42 Å². The van der Waals surface area contributed by atoms with Crippen molar-refractivity contribution in [3.63, 3.8) is 0 Å². The number of primary sulfonamides is 1. The first kappa shape index (κ1) is 15.1. The predicted octanol–water partition coefficient (Wildman–Crippen LogP) is 1.54. The first-order valence-corrected chi connectivity index (χ1v) is 7.74. The molecule has 0 bridgehead atoms. The van der Waals surface area contributed by atoms with Crippen molar-refractivity contribution in [2.75, 3.05) is 18.2 Å². The van der Waals surface area contributed by atoms with Crippen molar-refractivity contribution in [1.82, 2.24) is 0 Å². The molecule has 0 unspecified atom stereocenters. The summed E-state index contributed by atoms with van der Waals surface area (Å²) in [6, 6.07) is 11.8. The minimum atomic E-state index is -3.66. The SMILES string of the molecule is COc1ccc(CNc2ccc(S(N)(=O)=O)cc2)cc1N. The Balaban J connectivity index is 2.05. The van der Waals surface area contributed by atoms with Crippen LogP contribution in [0.4, 0.5) is 11.4 Å². The highest BCUT2D eigenvalue weighted by molar-refractivity contribution is 7.89. The largest absolute Gasteiger partial charge is 0.495 e. The van der Waals surface area contributed by atoms with Gasteiger partial charge in [-0.3, -0.25) is 0 Å². The minimum absolute atomic E-state index is 0.0849. The maximum Gasteiger partial charge on any atom is 0.238 e. The number of ether oxygens (including phenoxy) is 1. The molecule has 0 spiro atoms. The van der Waals surface area contributed by atoms with E-state index in [-0.39, 0.29) is 4.90 Å². The molecular formula is C14H17N3O3S. The van der Waals surface area contributed by atoms with Gasteiger partial charge in [0, 0.05) is 12.2 Å². The highest BCUT2D eigenvalue weighted by atomic mass is 32.2. The Bertz CT molecular complexity index is 728. The molecule has 2 aromatic carbocycles. The van der Waals surface area contributed by atoms with Gasteiger partial charge in [-0.2, -0.15) is 0 Å². The molecule has 0 aliphatic heterocycles. The summed E-state index contributed by atoms with van der Waals surface area (Å²) in [6.45, 7) is 0.558. The lowest BCUT2D eigenvalue weighted by atomic mass is 10.2. The molecule has 0 aromatic heterocycles. The van der Waals surface area contributed by atoms with Gasteiger partial charge in [0.05, 0.1) is 17.7 Å². The monoisotopic (exact) mass is 307 g/mol. The molecule has 0 atom stereocenters. The summed E-state index contributed by atoms with van der Waals surface area (Å²) in [5.41, 5.74) is 8.18. The molecule has 112 valence electrons. The maximum absolute atomic E-state index is 11.2. The number of hydrogen-bond acceptors (Lipinski definition) is 5. The highest BCUT2D eigenvalue weighted by Crippen LogP contribution is 2.22. The Morgan fingerprint density at radius 3 is 2.33 bits per heavy atom. The number of rotatable bonds is 5. The van der Waals surface area contributed by atoms with Crippen LogP contribution in [0, 0.1) is 0 Å². The highest BCUT2D eigenvalue weighted by Gasteiger charge is 2.06. The number of nitrogens with one attached hydrogen (secondary N) is 1. The number of anilines is 2. The predicted molar refractivity (Wildman–Crippen MR) is 82.5 cm³/mol. The van der Waals surface area contributed by atoms with E-state index in [4.69, 9.17) is 15.6 Å². The van der Waals surface area contributed by atoms with Crippen LogP contribution in [0.1, 0.15) is 5.56 Å². The van der Waals surface area contributed by atoms with Crippen molar-refractivity contribution >= 4 is 21.4 Å². The second-order valence-corrected chi connectivity index (χ2v) is 6.06. The maximum atomic E-state index is 11.2. The van der Waals surface area contributed by atoms with Gasteiger partial charge in [0.15, 0.2) is 0 Å². The van der Waals surface area contributed by atoms with E-state index in [2.05, 4.69) is 5.32 Å². The van der Waals surface area contributed by atoms with Crippen LogP contribution < -0.4 is 20.9 Å². The molecule has 7 heteroatoms. The zero-order valence-corrected chi connectivity index (χ0v) is 12.4. The fraction of sp³-hybridized carbons (Fsp3) is 0.143. The van der Waals surface area contributed by atoms with Crippen LogP contribution in [-0.4, -0.2) is 15.5 Å². The molecule has 0 radical (unpaired) electrons. The third kappa shape index (κ3) is 3.87. The Morgan fingerprint density at radius 1 is 1.14 bits per heavy atom. The molecule has 21 heavy (non-hydrogen) atoms. The van der Waals surface area contributed by atoms with Gasteiger partial charge in [-0.1, -0.05) is 6.07 Å². The molecule has 0 aliphatic rings. The molecule has 5 N–H and O–H groups in total. The van der Waals surface area contributed by atoms with E-state index in [0.717, 1.165) is 11.3 Å². The van der Waals surface area contributed by atoms with Gasteiger partial charge in [-0.05, 0) is 42.0 Å². The average molecular weight is 307 g/mol. The summed E-state index contributed by atoms with van der Waals surface area (Å²) >= 11 is 0. The van der Waals surface area contributed by atoms with E-state index in [1.165, 1.54) is 12.1 Å². The van der Waals surface area contributed by atoms with E-state index in [1.54, 1.807) is 25.3 Å². The molecule has 6 nitrogen and oxygen atoms in total. The van der Waals surface area contributed by atoms with Crippen LogP contribution in [-0.2, 0) is 16.6 Å². The van der Waals surface area contributed by atoms with Crippen molar-refractivity contribution in [1.29, 1.82) is 0 Å². The van der Waals surface area contributed by atoms with Crippen molar-refractivity contribution in [3.05, 3.63) is 48.0 Å². The van der Waals surface area contributed by atoms with Gasteiger partial charge in [0.2, 0.25) is 10.0 Å². The van der Waals surface area contributed by atoms with Crippen LogP contribution >= 0.6 is 0 Å². The first-order valence-electron chi connectivity index (χ1n) is 6.19. The Morgan fingerprint density at radius 2 is 1.81 bits per heavy atom.